The van der Waals surface area contributed by atoms with E-state index >= 15 is 0 Å². The van der Waals surface area contributed by atoms with Crippen LogP contribution in [0.3, 0.4) is 0 Å². The third-order valence-corrected chi connectivity index (χ3v) is 3.64. The molecule has 0 saturated carbocycles. The zero-order valence-corrected chi connectivity index (χ0v) is 12.8. The van der Waals surface area contributed by atoms with E-state index in [2.05, 4.69) is 42.3 Å². The smallest absolute Gasteiger partial charge is 0.248 e. The van der Waals surface area contributed by atoms with Crippen LogP contribution in [0.4, 0.5) is 5.69 Å². The molecule has 0 aliphatic heterocycles. The number of carbonyl (C=O) groups excluding carboxylic acids is 1. The van der Waals surface area contributed by atoms with E-state index in [1.165, 1.54) is 0 Å². The summed E-state index contributed by atoms with van der Waals surface area (Å²) in [7, 11) is 0. The molecule has 0 spiro atoms. The first-order valence-electron chi connectivity index (χ1n) is 5.33. The molecule has 6 heteroatoms. The first kappa shape index (κ1) is 13.3. The quantitative estimate of drug-likeness (QED) is 0.894. The zero-order chi connectivity index (χ0) is 13.1. The minimum absolute atomic E-state index is 0.110. The molecule has 0 aliphatic rings. The Kier molecular flexibility index (Phi) is 4.19. The Morgan fingerprint density at radius 3 is 2.83 bits per heavy atom. The van der Waals surface area contributed by atoms with Crippen LogP contribution < -0.4 is 5.32 Å². The summed E-state index contributed by atoms with van der Waals surface area (Å²) in [5.41, 5.74) is 0.738. The molecule has 1 aromatic carbocycles. The highest BCUT2D eigenvalue weighted by Gasteiger charge is 2.15. The van der Waals surface area contributed by atoms with E-state index in [4.69, 9.17) is 0 Å². The first-order valence-corrected chi connectivity index (χ1v) is 6.91. The molecular formula is C12H11Br2N3O. The van der Waals surface area contributed by atoms with Gasteiger partial charge >= 0.3 is 0 Å². The molecule has 1 atom stereocenters. The van der Waals surface area contributed by atoms with Gasteiger partial charge in [0.1, 0.15) is 6.04 Å². The van der Waals surface area contributed by atoms with Gasteiger partial charge in [-0.05, 0) is 47.1 Å². The zero-order valence-electron chi connectivity index (χ0n) is 9.60. The van der Waals surface area contributed by atoms with Gasteiger partial charge in [0.25, 0.3) is 0 Å². The number of nitrogens with zero attached hydrogens (tertiary/aromatic N) is 2. The van der Waals surface area contributed by atoms with Crippen LogP contribution in [0.25, 0.3) is 0 Å². The maximum Gasteiger partial charge on any atom is 0.248 e. The van der Waals surface area contributed by atoms with Gasteiger partial charge in [0.2, 0.25) is 5.91 Å². The predicted molar refractivity (Wildman–Crippen MR) is 77.4 cm³/mol. The summed E-state index contributed by atoms with van der Waals surface area (Å²) >= 11 is 6.77. The van der Waals surface area contributed by atoms with E-state index in [1.54, 1.807) is 30.1 Å². The maximum atomic E-state index is 12.0. The second-order valence-electron chi connectivity index (χ2n) is 3.78. The average Bonchev–Trinajstić information content (AvgIpc) is 2.85. The molecule has 18 heavy (non-hydrogen) atoms. The Bertz CT molecular complexity index is 554. The minimum atomic E-state index is -0.351. The molecule has 1 heterocycles. The lowest BCUT2D eigenvalue weighted by atomic mass is 10.2. The minimum Gasteiger partial charge on any atom is -0.323 e. The van der Waals surface area contributed by atoms with E-state index in [-0.39, 0.29) is 11.9 Å². The molecule has 0 fully saturated rings. The number of benzene rings is 1. The largest absolute Gasteiger partial charge is 0.323 e. The second kappa shape index (κ2) is 5.67. The highest BCUT2D eigenvalue weighted by atomic mass is 79.9. The van der Waals surface area contributed by atoms with Crippen LogP contribution in [0.5, 0.6) is 0 Å². The molecule has 2 aromatic rings. The fourth-order valence-corrected chi connectivity index (χ4v) is 2.60. The summed E-state index contributed by atoms with van der Waals surface area (Å²) in [6, 6.07) is 7.03. The Hall–Kier alpha value is -1.14. The fourth-order valence-electron chi connectivity index (χ4n) is 1.46. The topological polar surface area (TPSA) is 46.9 Å². The Morgan fingerprint density at radius 1 is 1.44 bits per heavy atom. The summed E-state index contributed by atoms with van der Waals surface area (Å²) in [4.78, 5) is 12.0. The molecule has 2 rings (SSSR count). The molecule has 0 bridgehead atoms. The third kappa shape index (κ3) is 3.00. The van der Waals surface area contributed by atoms with Crippen LogP contribution in [0.15, 0.2) is 45.6 Å². The number of halogens is 2. The third-order valence-electron chi connectivity index (χ3n) is 2.49. The number of carbonyl (C=O) groups is 1. The van der Waals surface area contributed by atoms with E-state index < -0.39 is 0 Å². The van der Waals surface area contributed by atoms with E-state index in [1.807, 2.05) is 18.2 Å². The van der Waals surface area contributed by atoms with Crippen molar-refractivity contribution in [3.05, 3.63) is 45.6 Å². The van der Waals surface area contributed by atoms with Gasteiger partial charge in [0.05, 0.1) is 5.69 Å². The Morgan fingerprint density at radius 2 is 2.22 bits per heavy atom. The van der Waals surface area contributed by atoms with Crippen LogP contribution in [-0.4, -0.2) is 15.7 Å². The number of rotatable bonds is 3. The van der Waals surface area contributed by atoms with Crippen molar-refractivity contribution in [3.63, 3.8) is 0 Å². The van der Waals surface area contributed by atoms with Crippen molar-refractivity contribution in [2.75, 3.05) is 5.32 Å². The molecule has 1 amide bonds. The number of nitrogens with one attached hydrogen (secondary N) is 1. The van der Waals surface area contributed by atoms with Crippen molar-refractivity contribution in [2.24, 2.45) is 0 Å². The highest BCUT2D eigenvalue weighted by Crippen LogP contribution is 2.26. The van der Waals surface area contributed by atoms with Gasteiger partial charge in [0.15, 0.2) is 0 Å². The van der Waals surface area contributed by atoms with E-state index in [0.717, 1.165) is 14.6 Å². The predicted octanol–water partition coefficient (Wildman–Crippen LogP) is 3.61. The summed E-state index contributed by atoms with van der Waals surface area (Å²) in [5.74, 6) is -0.110. The standard InChI is InChI=1S/C12H11Br2N3O/c1-8(17-6-2-5-15-17)12(18)16-11-4-3-9(13)7-10(11)14/h2-8H,1H3,(H,16,18). The van der Waals surface area contributed by atoms with E-state index in [0.29, 0.717) is 0 Å². The number of aromatic nitrogens is 2. The van der Waals surface area contributed by atoms with Crippen molar-refractivity contribution in [2.45, 2.75) is 13.0 Å². The number of hydrogen-bond donors (Lipinski definition) is 1. The summed E-state index contributed by atoms with van der Waals surface area (Å²) < 4.78 is 3.40. The van der Waals surface area contributed by atoms with Gasteiger partial charge in [-0.2, -0.15) is 5.10 Å². The maximum absolute atomic E-state index is 12.0. The van der Waals surface area contributed by atoms with Gasteiger partial charge in [-0.25, -0.2) is 0 Å². The lowest BCUT2D eigenvalue weighted by Gasteiger charge is -2.13. The van der Waals surface area contributed by atoms with Crippen molar-refractivity contribution >= 4 is 43.5 Å². The van der Waals surface area contributed by atoms with Crippen LogP contribution in [0, 0.1) is 0 Å². The Labute approximate surface area is 122 Å². The van der Waals surface area contributed by atoms with Crippen LogP contribution in [0.1, 0.15) is 13.0 Å². The number of hydrogen-bond acceptors (Lipinski definition) is 2. The molecular weight excluding hydrogens is 362 g/mol. The molecule has 1 N–H and O–H groups in total. The molecule has 1 aromatic heterocycles. The lowest BCUT2D eigenvalue weighted by molar-refractivity contribution is -0.119. The van der Waals surface area contributed by atoms with Crippen molar-refractivity contribution in [3.8, 4) is 0 Å². The van der Waals surface area contributed by atoms with Crippen LogP contribution in [0.2, 0.25) is 0 Å². The Balaban J connectivity index is 2.12. The molecule has 0 radical (unpaired) electrons. The van der Waals surface area contributed by atoms with Gasteiger partial charge in [-0.1, -0.05) is 15.9 Å². The monoisotopic (exact) mass is 371 g/mol. The summed E-state index contributed by atoms with van der Waals surface area (Å²) in [6.07, 6.45) is 3.42. The van der Waals surface area contributed by atoms with Gasteiger partial charge in [-0.15, -0.1) is 0 Å². The fraction of sp³-hybridized carbons (Fsp3) is 0.167. The van der Waals surface area contributed by atoms with Crippen LogP contribution in [-0.2, 0) is 4.79 Å². The second-order valence-corrected chi connectivity index (χ2v) is 5.55. The molecule has 0 saturated heterocycles. The first-order chi connectivity index (χ1) is 8.58. The molecule has 1 unspecified atom stereocenters. The van der Waals surface area contributed by atoms with E-state index in [9.17, 15) is 4.79 Å². The molecule has 4 nitrogen and oxygen atoms in total. The highest BCUT2D eigenvalue weighted by molar-refractivity contribution is 9.11. The normalized spacial score (nSPS) is 12.2. The number of anilines is 1. The SMILES string of the molecule is CC(C(=O)Nc1ccc(Br)cc1Br)n1cccn1. The lowest BCUT2D eigenvalue weighted by Crippen LogP contribution is -2.24. The van der Waals surface area contributed by atoms with Gasteiger partial charge in [0, 0.05) is 21.3 Å². The van der Waals surface area contributed by atoms with Crippen molar-refractivity contribution < 1.29 is 4.79 Å². The summed E-state index contributed by atoms with van der Waals surface area (Å²) in [6.45, 7) is 1.80. The molecule has 94 valence electrons. The van der Waals surface area contributed by atoms with Gasteiger partial charge in [-0.3, -0.25) is 9.48 Å². The number of amides is 1. The average molecular weight is 373 g/mol. The van der Waals surface area contributed by atoms with Crippen molar-refractivity contribution in [1.82, 2.24) is 9.78 Å². The molecule has 0 aliphatic carbocycles. The summed E-state index contributed by atoms with van der Waals surface area (Å²) in [5, 5.41) is 6.91. The van der Waals surface area contributed by atoms with Crippen molar-refractivity contribution in [1.29, 1.82) is 0 Å². The van der Waals surface area contributed by atoms with Gasteiger partial charge < -0.3 is 5.32 Å². The van der Waals surface area contributed by atoms with Crippen LogP contribution >= 0.6 is 31.9 Å².